The van der Waals surface area contributed by atoms with Crippen molar-refractivity contribution in [1.82, 2.24) is 15.3 Å². The van der Waals surface area contributed by atoms with Crippen LogP contribution in [0.3, 0.4) is 0 Å². The van der Waals surface area contributed by atoms with Gasteiger partial charge in [-0.3, -0.25) is 9.78 Å². The van der Waals surface area contributed by atoms with E-state index < -0.39 is 0 Å². The van der Waals surface area contributed by atoms with E-state index in [1.165, 1.54) is 0 Å². The first-order valence-electron chi connectivity index (χ1n) is 9.56. The smallest absolute Gasteiger partial charge is 0.269 e. The largest absolute Gasteiger partial charge is 0.508 e. The third kappa shape index (κ3) is 4.52. The zero-order valence-electron chi connectivity index (χ0n) is 16.4. The predicted octanol–water partition coefficient (Wildman–Crippen LogP) is 2.74. The van der Waals surface area contributed by atoms with Crippen LogP contribution in [0.25, 0.3) is 22.3 Å². The number of nitrogens with zero attached hydrogens (tertiary/aromatic N) is 2. The van der Waals surface area contributed by atoms with Gasteiger partial charge in [-0.15, -0.1) is 0 Å². The van der Waals surface area contributed by atoms with Gasteiger partial charge in [-0.25, -0.2) is 4.98 Å². The SMILES string of the molecule is CCc1c(-c2ccc(C(=O)NCCCN)nc2)cnc(N)c1-c1ccc(O)cc1. The average molecular weight is 391 g/mol. The molecule has 6 N–H and O–H groups in total. The molecule has 0 bridgehead atoms. The Balaban J connectivity index is 1.96. The first kappa shape index (κ1) is 20.3. The number of phenolic OH excluding ortho intramolecular Hbond substituents is 1. The zero-order valence-corrected chi connectivity index (χ0v) is 16.4. The van der Waals surface area contributed by atoms with Crippen molar-refractivity contribution in [3.8, 4) is 28.0 Å². The first-order chi connectivity index (χ1) is 14.0. The molecule has 0 unspecified atom stereocenters. The average Bonchev–Trinajstić information content (AvgIpc) is 2.74. The van der Waals surface area contributed by atoms with Crippen molar-refractivity contribution in [2.75, 3.05) is 18.8 Å². The molecule has 2 heterocycles. The van der Waals surface area contributed by atoms with Crippen molar-refractivity contribution in [2.45, 2.75) is 19.8 Å². The molecule has 0 atom stereocenters. The minimum absolute atomic E-state index is 0.194. The van der Waals surface area contributed by atoms with Gasteiger partial charge in [0.05, 0.1) is 0 Å². The highest BCUT2D eigenvalue weighted by molar-refractivity contribution is 5.92. The quantitative estimate of drug-likeness (QED) is 0.459. The van der Waals surface area contributed by atoms with E-state index in [1.807, 2.05) is 18.2 Å². The number of hydrogen-bond acceptors (Lipinski definition) is 6. The molecular weight excluding hydrogens is 366 g/mol. The van der Waals surface area contributed by atoms with E-state index in [1.54, 1.807) is 30.6 Å². The Kier molecular flexibility index (Phi) is 6.41. The fourth-order valence-electron chi connectivity index (χ4n) is 3.21. The number of pyridine rings is 2. The highest BCUT2D eigenvalue weighted by Gasteiger charge is 2.16. The van der Waals surface area contributed by atoms with Crippen molar-refractivity contribution >= 4 is 11.7 Å². The Morgan fingerprint density at radius 2 is 1.79 bits per heavy atom. The molecule has 0 aliphatic carbocycles. The normalized spacial score (nSPS) is 10.7. The lowest BCUT2D eigenvalue weighted by Crippen LogP contribution is -2.26. The lowest BCUT2D eigenvalue weighted by atomic mass is 9.92. The molecule has 7 heteroatoms. The molecule has 0 radical (unpaired) electrons. The molecule has 0 saturated carbocycles. The van der Waals surface area contributed by atoms with Gasteiger partial charge in [-0.2, -0.15) is 0 Å². The second-order valence-electron chi connectivity index (χ2n) is 6.64. The maximum Gasteiger partial charge on any atom is 0.269 e. The monoisotopic (exact) mass is 391 g/mol. The standard InChI is InChI=1S/C22H25N5O2/c1-2-17-18(13-27-21(24)20(17)14-4-7-16(28)8-5-14)15-6-9-19(26-12-15)22(29)25-11-3-10-23/h4-9,12-13,28H,2-3,10-11,23H2,1H3,(H2,24,27)(H,25,29). The maximum atomic E-state index is 12.1. The molecule has 1 amide bonds. The fourth-order valence-corrected chi connectivity index (χ4v) is 3.21. The Morgan fingerprint density at radius 3 is 2.41 bits per heavy atom. The zero-order chi connectivity index (χ0) is 20.8. The van der Waals surface area contributed by atoms with Crippen molar-refractivity contribution in [1.29, 1.82) is 0 Å². The number of aromatic nitrogens is 2. The molecule has 0 aliphatic rings. The van der Waals surface area contributed by atoms with Crippen LogP contribution in [-0.4, -0.2) is 34.1 Å². The molecule has 0 spiro atoms. The summed E-state index contributed by atoms with van der Waals surface area (Å²) in [6.07, 6.45) is 4.86. The minimum atomic E-state index is -0.221. The Labute approximate surface area is 169 Å². The third-order valence-electron chi connectivity index (χ3n) is 4.70. The Morgan fingerprint density at radius 1 is 1.07 bits per heavy atom. The van der Waals surface area contributed by atoms with Gasteiger partial charge in [0.2, 0.25) is 0 Å². The summed E-state index contributed by atoms with van der Waals surface area (Å²) < 4.78 is 0. The van der Waals surface area contributed by atoms with Gasteiger partial charge in [0.25, 0.3) is 5.91 Å². The number of amides is 1. The van der Waals surface area contributed by atoms with Crippen LogP contribution < -0.4 is 16.8 Å². The van der Waals surface area contributed by atoms with E-state index in [0.29, 0.717) is 24.6 Å². The van der Waals surface area contributed by atoms with E-state index in [4.69, 9.17) is 11.5 Å². The van der Waals surface area contributed by atoms with E-state index in [0.717, 1.165) is 40.7 Å². The van der Waals surface area contributed by atoms with Gasteiger partial charge < -0.3 is 21.9 Å². The van der Waals surface area contributed by atoms with E-state index in [9.17, 15) is 9.90 Å². The number of nitrogens with one attached hydrogen (secondary N) is 1. The first-order valence-corrected chi connectivity index (χ1v) is 9.56. The summed E-state index contributed by atoms with van der Waals surface area (Å²) in [7, 11) is 0. The molecule has 0 aliphatic heterocycles. The summed E-state index contributed by atoms with van der Waals surface area (Å²) in [4.78, 5) is 20.8. The summed E-state index contributed by atoms with van der Waals surface area (Å²) in [6, 6.07) is 10.4. The lowest BCUT2D eigenvalue weighted by molar-refractivity contribution is 0.0948. The van der Waals surface area contributed by atoms with Crippen LogP contribution in [0.5, 0.6) is 5.75 Å². The van der Waals surface area contributed by atoms with Crippen molar-refractivity contribution in [3.63, 3.8) is 0 Å². The van der Waals surface area contributed by atoms with Crippen LogP contribution in [0.4, 0.5) is 5.82 Å². The van der Waals surface area contributed by atoms with Gasteiger partial charge in [0.1, 0.15) is 17.3 Å². The number of carbonyl (C=O) groups is 1. The van der Waals surface area contributed by atoms with Crippen LogP contribution in [0, 0.1) is 0 Å². The van der Waals surface area contributed by atoms with Crippen LogP contribution in [0.1, 0.15) is 29.4 Å². The summed E-state index contributed by atoms with van der Waals surface area (Å²) in [5, 5.41) is 12.4. The third-order valence-corrected chi connectivity index (χ3v) is 4.70. The molecule has 29 heavy (non-hydrogen) atoms. The highest BCUT2D eigenvalue weighted by Crippen LogP contribution is 2.36. The number of hydrogen-bond donors (Lipinski definition) is 4. The van der Waals surface area contributed by atoms with Crippen LogP contribution >= 0.6 is 0 Å². The number of anilines is 1. The second-order valence-corrected chi connectivity index (χ2v) is 6.64. The van der Waals surface area contributed by atoms with Crippen molar-refractivity contribution < 1.29 is 9.90 Å². The maximum absolute atomic E-state index is 12.1. The molecule has 7 nitrogen and oxygen atoms in total. The summed E-state index contributed by atoms with van der Waals surface area (Å²) in [5.41, 5.74) is 16.5. The molecule has 0 fully saturated rings. The van der Waals surface area contributed by atoms with Crippen molar-refractivity contribution in [2.24, 2.45) is 5.73 Å². The number of rotatable bonds is 7. The van der Waals surface area contributed by atoms with Gasteiger partial charge in [-0.1, -0.05) is 25.1 Å². The van der Waals surface area contributed by atoms with E-state index in [2.05, 4.69) is 22.2 Å². The Bertz CT molecular complexity index is 985. The number of benzene rings is 1. The minimum Gasteiger partial charge on any atom is -0.508 e. The summed E-state index contributed by atoms with van der Waals surface area (Å²) in [6.45, 7) is 3.10. The molecule has 2 aromatic heterocycles. The molecular formula is C22H25N5O2. The highest BCUT2D eigenvalue weighted by atomic mass is 16.3. The van der Waals surface area contributed by atoms with Crippen LogP contribution in [-0.2, 0) is 6.42 Å². The van der Waals surface area contributed by atoms with E-state index >= 15 is 0 Å². The van der Waals surface area contributed by atoms with Crippen LogP contribution in [0.15, 0.2) is 48.8 Å². The van der Waals surface area contributed by atoms with Gasteiger partial charge >= 0.3 is 0 Å². The summed E-state index contributed by atoms with van der Waals surface area (Å²) in [5.74, 6) is 0.403. The molecule has 3 aromatic rings. The van der Waals surface area contributed by atoms with E-state index in [-0.39, 0.29) is 11.7 Å². The molecule has 0 saturated heterocycles. The number of aromatic hydroxyl groups is 1. The molecule has 3 rings (SSSR count). The topological polar surface area (TPSA) is 127 Å². The predicted molar refractivity (Wildman–Crippen MR) is 114 cm³/mol. The fraction of sp³-hybridized carbons (Fsp3) is 0.227. The summed E-state index contributed by atoms with van der Waals surface area (Å²) >= 11 is 0. The Hall–Kier alpha value is -3.45. The molecule has 150 valence electrons. The number of phenols is 1. The molecule has 1 aromatic carbocycles. The number of nitrogens with two attached hydrogens (primary N) is 2. The second kappa shape index (κ2) is 9.16. The number of carbonyl (C=O) groups excluding carboxylic acids is 1. The van der Waals surface area contributed by atoms with Gasteiger partial charge in [0, 0.05) is 35.6 Å². The van der Waals surface area contributed by atoms with Gasteiger partial charge in [0.15, 0.2) is 0 Å². The van der Waals surface area contributed by atoms with Gasteiger partial charge in [-0.05, 0) is 48.7 Å². The van der Waals surface area contributed by atoms with Crippen molar-refractivity contribution in [3.05, 3.63) is 60.0 Å². The lowest BCUT2D eigenvalue weighted by Gasteiger charge is -2.16. The van der Waals surface area contributed by atoms with Crippen LogP contribution in [0.2, 0.25) is 0 Å². The number of nitrogen functional groups attached to an aromatic ring is 1.